The number of hydrogen-bond acceptors (Lipinski definition) is 3. The normalized spacial score (nSPS) is 10.1. The lowest BCUT2D eigenvalue weighted by molar-refractivity contribution is 0.286. The van der Waals surface area contributed by atoms with E-state index in [1.807, 2.05) is 55.5 Å². The maximum Gasteiger partial charge on any atom is 0.126 e. The molecular weight excluding hydrogens is 226 g/mol. The smallest absolute Gasteiger partial charge is 0.126 e. The molecule has 0 saturated carbocycles. The first-order chi connectivity index (χ1) is 8.79. The predicted molar refractivity (Wildman–Crippen MR) is 72.8 cm³/mol. The summed E-state index contributed by atoms with van der Waals surface area (Å²) in [6.45, 7) is 3.03. The minimum Gasteiger partial charge on any atom is -0.493 e. The molecule has 94 valence electrons. The highest BCUT2D eigenvalue weighted by atomic mass is 16.5. The van der Waals surface area contributed by atoms with Gasteiger partial charge in [0.15, 0.2) is 0 Å². The van der Waals surface area contributed by atoms with E-state index in [1.165, 1.54) is 0 Å². The maximum absolute atomic E-state index is 5.78. The van der Waals surface area contributed by atoms with Gasteiger partial charge in [0.2, 0.25) is 0 Å². The molecule has 0 spiro atoms. The number of para-hydroxylation sites is 1. The molecule has 0 unspecified atom stereocenters. The third-order valence-corrected chi connectivity index (χ3v) is 2.52. The molecule has 2 aromatic carbocycles. The van der Waals surface area contributed by atoms with E-state index in [0.29, 0.717) is 18.9 Å². The van der Waals surface area contributed by atoms with E-state index < -0.39 is 0 Å². The lowest BCUT2D eigenvalue weighted by Crippen LogP contribution is -2.02. The second kappa shape index (κ2) is 5.96. The van der Waals surface area contributed by atoms with Crippen LogP contribution < -0.4 is 15.2 Å². The second-order valence-electron chi connectivity index (χ2n) is 3.90. The molecule has 18 heavy (non-hydrogen) atoms. The Kier molecular flexibility index (Phi) is 4.07. The summed E-state index contributed by atoms with van der Waals surface area (Å²) in [6, 6.07) is 15.3. The van der Waals surface area contributed by atoms with E-state index in [1.54, 1.807) is 0 Å². The van der Waals surface area contributed by atoms with Gasteiger partial charge in [-0.3, -0.25) is 0 Å². The summed E-state index contributed by atoms with van der Waals surface area (Å²) in [6.07, 6.45) is 0. The molecule has 0 aliphatic heterocycles. The summed E-state index contributed by atoms with van der Waals surface area (Å²) >= 11 is 0. The van der Waals surface area contributed by atoms with Crippen molar-refractivity contribution < 1.29 is 9.47 Å². The van der Waals surface area contributed by atoms with Crippen LogP contribution in [-0.4, -0.2) is 6.61 Å². The topological polar surface area (TPSA) is 44.5 Å². The fourth-order valence-electron chi connectivity index (χ4n) is 1.69. The van der Waals surface area contributed by atoms with Crippen LogP contribution in [0.3, 0.4) is 0 Å². The maximum atomic E-state index is 5.78. The van der Waals surface area contributed by atoms with Crippen molar-refractivity contribution in [2.75, 3.05) is 12.3 Å². The number of rotatable bonds is 5. The van der Waals surface area contributed by atoms with Crippen molar-refractivity contribution in [3.05, 3.63) is 54.1 Å². The largest absolute Gasteiger partial charge is 0.493 e. The second-order valence-corrected chi connectivity index (χ2v) is 3.90. The van der Waals surface area contributed by atoms with Gasteiger partial charge in [0, 0.05) is 11.3 Å². The van der Waals surface area contributed by atoms with Crippen LogP contribution in [0.1, 0.15) is 12.5 Å². The fraction of sp³-hybridized carbons (Fsp3) is 0.200. The van der Waals surface area contributed by atoms with Crippen molar-refractivity contribution >= 4 is 5.69 Å². The summed E-state index contributed by atoms with van der Waals surface area (Å²) in [7, 11) is 0. The highest BCUT2D eigenvalue weighted by molar-refractivity contribution is 5.47. The van der Waals surface area contributed by atoms with Crippen molar-refractivity contribution in [1.82, 2.24) is 0 Å². The van der Waals surface area contributed by atoms with E-state index >= 15 is 0 Å². The summed E-state index contributed by atoms with van der Waals surface area (Å²) in [5.74, 6) is 1.66. The van der Waals surface area contributed by atoms with Crippen LogP contribution in [0, 0.1) is 0 Å². The van der Waals surface area contributed by atoms with Gasteiger partial charge in [0.1, 0.15) is 18.1 Å². The number of anilines is 1. The van der Waals surface area contributed by atoms with Gasteiger partial charge in [-0.2, -0.15) is 0 Å². The first-order valence-corrected chi connectivity index (χ1v) is 5.98. The third kappa shape index (κ3) is 3.17. The van der Waals surface area contributed by atoms with Crippen molar-refractivity contribution in [3.63, 3.8) is 0 Å². The van der Waals surface area contributed by atoms with Gasteiger partial charge in [0.25, 0.3) is 0 Å². The molecule has 2 rings (SSSR count). The number of nitrogen functional groups attached to an aromatic ring is 1. The molecule has 0 aromatic heterocycles. The summed E-state index contributed by atoms with van der Waals surface area (Å²) in [5.41, 5.74) is 7.45. The Morgan fingerprint density at radius 1 is 1.00 bits per heavy atom. The standard InChI is InChI=1S/C15H17NO2/c1-2-17-15-9-8-13(16)10-12(15)11-18-14-6-4-3-5-7-14/h3-10H,2,11,16H2,1H3. The molecule has 0 atom stereocenters. The summed E-state index contributed by atoms with van der Waals surface area (Å²) < 4.78 is 11.2. The number of ether oxygens (including phenoxy) is 2. The first-order valence-electron chi connectivity index (χ1n) is 5.98. The number of benzene rings is 2. The highest BCUT2D eigenvalue weighted by Crippen LogP contribution is 2.23. The van der Waals surface area contributed by atoms with Crippen LogP contribution in [0.25, 0.3) is 0 Å². The van der Waals surface area contributed by atoms with E-state index in [4.69, 9.17) is 15.2 Å². The van der Waals surface area contributed by atoms with Gasteiger partial charge in [-0.05, 0) is 37.3 Å². The van der Waals surface area contributed by atoms with Crippen LogP contribution in [0.4, 0.5) is 5.69 Å². The monoisotopic (exact) mass is 243 g/mol. The Morgan fingerprint density at radius 2 is 1.78 bits per heavy atom. The molecule has 2 aromatic rings. The Labute approximate surface area is 107 Å². The Bertz CT molecular complexity index is 497. The van der Waals surface area contributed by atoms with Crippen LogP contribution in [0.5, 0.6) is 11.5 Å². The highest BCUT2D eigenvalue weighted by Gasteiger charge is 2.05. The Hall–Kier alpha value is -2.16. The van der Waals surface area contributed by atoms with Gasteiger partial charge in [0.05, 0.1) is 6.61 Å². The van der Waals surface area contributed by atoms with Crippen LogP contribution in [0.2, 0.25) is 0 Å². The van der Waals surface area contributed by atoms with Crippen molar-refractivity contribution in [1.29, 1.82) is 0 Å². The van der Waals surface area contributed by atoms with Gasteiger partial charge < -0.3 is 15.2 Å². The van der Waals surface area contributed by atoms with Crippen molar-refractivity contribution in [3.8, 4) is 11.5 Å². The SMILES string of the molecule is CCOc1ccc(N)cc1COc1ccccc1. The Morgan fingerprint density at radius 3 is 2.50 bits per heavy atom. The fourth-order valence-corrected chi connectivity index (χ4v) is 1.69. The molecule has 0 radical (unpaired) electrons. The van der Waals surface area contributed by atoms with Crippen LogP contribution in [-0.2, 0) is 6.61 Å². The van der Waals surface area contributed by atoms with Crippen molar-refractivity contribution in [2.24, 2.45) is 0 Å². The zero-order valence-electron chi connectivity index (χ0n) is 10.4. The van der Waals surface area contributed by atoms with E-state index in [-0.39, 0.29) is 0 Å². The van der Waals surface area contributed by atoms with Gasteiger partial charge in [-0.25, -0.2) is 0 Å². The quantitative estimate of drug-likeness (QED) is 0.820. The molecule has 2 N–H and O–H groups in total. The van der Waals surface area contributed by atoms with Crippen molar-refractivity contribution in [2.45, 2.75) is 13.5 Å². The summed E-state index contributed by atoms with van der Waals surface area (Å²) in [4.78, 5) is 0. The Balaban J connectivity index is 2.10. The number of hydrogen-bond donors (Lipinski definition) is 1. The van der Waals surface area contributed by atoms with Crippen LogP contribution >= 0.6 is 0 Å². The predicted octanol–water partition coefficient (Wildman–Crippen LogP) is 3.25. The minimum atomic E-state index is 0.449. The average molecular weight is 243 g/mol. The van der Waals surface area contributed by atoms with Gasteiger partial charge in [-0.15, -0.1) is 0 Å². The minimum absolute atomic E-state index is 0.449. The molecule has 0 saturated heterocycles. The molecule has 0 heterocycles. The lowest BCUT2D eigenvalue weighted by Gasteiger charge is -2.12. The van der Waals surface area contributed by atoms with E-state index in [0.717, 1.165) is 17.1 Å². The van der Waals surface area contributed by atoms with Crippen LogP contribution in [0.15, 0.2) is 48.5 Å². The average Bonchev–Trinajstić information content (AvgIpc) is 2.40. The molecule has 3 nitrogen and oxygen atoms in total. The zero-order valence-corrected chi connectivity index (χ0v) is 10.4. The molecule has 0 bridgehead atoms. The summed E-state index contributed by atoms with van der Waals surface area (Å²) in [5, 5.41) is 0. The molecule has 0 aliphatic rings. The van der Waals surface area contributed by atoms with Gasteiger partial charge >= 0.3 is 0 Å². The molecule has 3 heteroatoms. The molecular formula is C15H17NO2. The molecule has 0 fully saturated rings. The first kappa shape index (κ1) is 12.3. The molecule has 0 amide bonds. The lowest BCUT2D eigenvalue weighted by atomic mass is 10.2. The third-order valence-electron chi connectivity index (χ3n) is 2.52. The van der Waals surface area contributed by atoms with E-state index in [9.17, 15) is 0 Å². The van der Waals surface area contributed by atoms with E-state index in [2.05, 4.69) is 0 Å². The zero-order chi connectivity index (χ0) is 12.8. The number of nitrogens with two attached hydrogens (primary N) is 1. The molecule has 0 aliphatic carbocycles. The van der Waals surface area contributed by atoms with Gasteiger partial charge in [-0.1, -0.05) is 18.2 Å².